The molecular weight excluding hydrogens is 408 g/mol. The monoisotopic (exact) mass is 424 g/mol. The van der Waals surface area contributed by atoms with Crippen molar-refractivity contribution in [2.24, 2.45) is 0 Å². The number of halogens is 1. The predicted molar refractivity (Wildman–Crippen MR) is 105 cm³/mol. The number of ketones is 1. The highest BCUT2D eigenvalue weighted by molar-refractivity contribution is 7.99. The second-order valence-electron chi connectivity index (χ2n) is 6.44. The minimum Gasteiger partial charge on any atom is -0.301 e. The second kappa shape index (κ2) is 8.07. The summed E-state index contributed by atoms with van der Waals surface area (Å²) >= 11 is 8.13. The summed E-state index contributed by atoms with van der Waals surface area (Å²) in [4.78, 5) is 31.8. The van der Waals surface area contributed by atoms with Crippen LogP contribution in [0.5, 0.6) is 0 Å². The highest BCUT2D eigenvalue weighted by Crippen LogP contribution is 2.29. The van der Waals surface area contributed by atoms with Crippen molar-refractivity contribution in [3.05, 3.63) is 26.0 Å². The standard InChI is InChI=1S/C16H17ClN6O2S2/c17-15-22-21-12(27-15)6-10(24)8-26-16-19-13-11(14(25)20-16)7-18-23(13)9-4-2-1-3-5-9/h7,9H,1-6,8H2,(H,19,20,25). The van der Waals surface area contributed by atoms with Crippen LogP contribution in [-0.4, -0.2) is 41.5 Å². The van der Waals surface area contributed by atoms with Crippen molar-refractivity contribution in [1.82, 2.24) is 29.9 Å². The summed E-state index contributed by atoms with van der Waals surface area (Å²) in [6.07, 6.45) is 7.43. The van der Waals surface area contributed by atoms with Crippen molar-refractivity contribution < 1.29 is 4.79 Å². The Morgan fingerprint density at radius 1 is 1.33 bits per heavy atom. The molecule has 1 aliphatic carbocycles. The lowest BCUT2D eigenvalue weighted by atomic mass is 9.96. The van der Waals surface area contributed by atoms with Crippen LogP contribution in [0.15, 0.2) is 16.1 Å². The molecule has 3 aromatic rings. The molecule has 0 atom stereocenters. The van der Waals surface area contributed by atoms with Crippen molar-refractivity contribution >= 4 is 51.5 Å². The number of hydrogen-bond acceptors (Lipinski definition) is 8. The smallest absolute Gasteiger partial charge is 0.262 e. The Bertz CT molecular complexity index is 1020. The first-order valence-electron chi connectivity index (χ1n) is 8.70. The van der Waals surface area contributed by atoms with E-state index in [9.17, 15) is 9.59 Å². The number of aromatic amines is 1. The van der Waals surface area contributed by atoms with Gasteiger partial charge in [-0.1, -0.05) is 42.4 Å². The van der Waals surface area contributed by atoms with E-state index < -0.39 is 0 Å². The van der Waals surface area contributed by atoms with E-state index in [1.165, 1.54) is 42.4 Å². The van der Waals surface area contributed by atoms with Crippen LogP contribution in [-0.2, 0) is 11.2 Å². The van der Waals surface area contributed by atoms with Gasteiger partial charge >= 0.3 is 0 Å². The number of H-pyrrole nitrogens is 1. The average Bonchev–Trinajstić information content (AvgIpc) is 3.27. The number of carbonyl (C=O) groups excluding carboxylic acids is 1. The van der Waals surface area contributed by atoms with Crippen LogP contribution in [0.25, 0.3) is 11.0 Å². The van der Waals surface area contributed by atoms with E-state index in [1.54, 1.807) is 6.20 Å². The topological polar surface area (TPSA) is 106 Å². The van der Waals surface area contributed by atoms with Gasteiger partial charge in [-0.3, -0.25) is 9.59 Å². The van der Waals surface area contributed by atoms with Crippen LogP contribution >= 0.6 is 34.7 Å². The maximum Gasteiger partial charge on any atom is 0.262 e. The van der Waals surface area contributed by atoms with Crippen molar-refractivity contribution in [3.63, 3.8) is 0 Å². The molecule has 142 valence electrons. The Balaban J connectivity index is 1.50. The van der Waals surface area contributed by atoms with Gasteiger partial charge in [0.1, 0.15) is 16.2 Å². The number of nitrogens with zero attached hydrogens (tertiary/aromatic N) is 5. The van der Waals surface area contributed by atoms with E-state index in [0.717, 1.165) is 12.8 Å². The third-order valence-electron chi connectivity index (χ3n) is 4.52. The zero-order valence-electron chi connectivity index (χ0n) is 14.4. The Kier molecular flexibility index (Phi) is 5.55. The molecule has 0 saturated heterocycles. The molecule has 3 aromatic heterocycles. The third-order valence-corrected chi connectivity index (χ3v) is 6.47. The van der Waals surface area contributed by atoms with Gasteiger partial charge < -0.3 is 4.98 Å². The van der Waals surface area contributed by atoms with E-state index in [2.05, 4.69) is 25.3 Å². The average molecular weight is 425 g/mol. The highest BCUT2D eigenvalue weighted by atomic mass is 35.5. The van der Waals surface area contributed by atoms with Crippen LogP contribution < -0.4 is 5.56 Å². The SMILES string of the molecule is O=C(CSc1nc2c(cnn2C2CCCCC2)c(=O)[nH]1)Cc1nnc(Cl)s1. The Morgan fingerprint density at radius 2 is 2.15 bits per heavy atom. The van der Waals surface area contributed by atoms with Crippen LogP contribution in [0.1, 0.15) is 43.2 Å². The summed E-state index contributed by atoms with van der Waals surface area (Å²) in [6.45, 7) is 0. The number of fused-ring (bicyclic) bond motifs is 1. The van der Waals surface area contributed by atoms with Gasteiger partial charge in [-0.2, -0.15) is 5.10 Å². The van der Waals surface area contributed by atoms with Gasteiger partial charge in [0.05, 0.1) is 24.4 Å². The molecule has 11 heteroatoms. The van der Waals surface area contributed by atoms with Crippen LogP contribution in [0, 0.1) is 0 Å². The van der Waals surface area contributed by atoms with Gasteiger partial charge in [-0.25, -0.2) is 9.67 Å². The Morgan fingerprint density at radius 3 is 2.89 bits per heavy atom. The summed E-state index contributed by atoms with van der Waals surface area (Å²) in [6, 6.07) is 0.284. The molecule has 1 fully saturated rings. The number of aromatic nitrogens is 6. The van der Waals surface area contributed by atoms with Crippen molar-refractivity contribution in [1.29, 1.82) is 0 Å². The molecule has 1 N–H and O–H groups in total. The van der Waals surface area contributed by atoms with Gasteiger partial charge in [-0.05, 0) is 24.4 Å². The number of thioether (sulfide) groups is 1. The molecule has 0 radical (unpaired) electrons. The lowest BCUT2D eigenvalue weighted by Crippen LogP contribution is -2.16. The maximum absolute atomic E-state index is 12.4. The first-order valence-corrected chi connectivity index (χ1v) is 10.9. The summed E-state index contributed by atoms with van der Waals surface area (Å²) in [5.41, 5.74) is 0.365. The molecule has 0 aromatic carbocycles. The highest BCUT2D eigenvalue weighted by Gasteiger charge is 2.20. The van der Waals surface area contributed by atoms with Gasteiger partial charge in [0.25, 0.3) is 5.56 Å². The first kappa shape index (κ1) is 18.6. The largest absolute Gasteiger partial charge is 0.301 e. The first-order chi connectivity index (χ1) is 13.1. The Hall–Kier alpha value is -1.78. The van der Waals surface area contributed by atoms with Gasteiger partial charge in [0.2, 0.25) is 4.47 Å². The molecule has 8 nitrogen and oxygen atoms in total. The lowest BCUT2D eigenvalue weighted by Gasteiger charge is -2.22. The summed E-state index contributed by atoms with van der Waals surface area (Å²) < 4.78 is 2.19. The molecule has 1 saturated carbocycles. The number of Topliss-reactive ketones (excluding diaryl/α,β-unsaturated/α-hetero) is 1. The Labute approximate surface area is 167 Å². The molecular formula is C16H17ClN6O2S2. The number of hydrogen-bond donors (Lipinski definition) is 1. The molecule has 27 heavy (non-hydrogen) atoms. The summed E-state index contributed by atoms with van der Waals surface area (Å²) in [5, 5.41) is 13.4. The summed E-state index contributed by atoms with van der Waals surface area (Å²) in [7, 11) is 0. The number of rotatable bonds is 6. The van der Waals surface area contributed by atoms with Gasteiger partial charge in [-0.15, -0.1) is 10.2 Å². The van der Waals surface area contributed by atoms with Crippen LogP contribution in [0.2, 0.25) is 4.47 Å². The zero-order chi connectivity index (χ0) is 18.8. The fourth-order valence-electron chi connectivity index (χ4n) is 3.25. The van der Waals surface area contributed by atoms with Crippen molar-refractivity contribution in [2.75, 3.05) is 5.75 Å². The molecule has 3 heterocycles. The molecule has 1 aliphatic rings. The minimum atomic E-state index is -0.229. The van der Waals surface area contributed by atoms with E-state index in [1.807, 2.05) is 4.68 Å². The van der Waals surface area contributed by atoms with Gasteiger partial charge in [0, 0.05) is 0 Å². The van der Waals surface area contributed by atoms with Crippen molar-refractivity contribution in [2.45, 2.75) is 49.7 Å². The molecule has 0 unspecified atom stereocenters. The fourth-order valence-corrected chi connectivity index (χ4v) is 4.86. The quantitative estimate of drug-likeness (QED) is 0.478. The normalized spacial score (nSPS) is 15.4. The molecule has 0 aliphatic heterocycles. The van der Waals surface area contributed by atoms with Gasteiger partial charge in [0.15, 0.2) is 10.8 Å². The van der Waals surface area contributed by atoms with E-state index in [4.69, 9.17) is 11.6 Å². The molecule has 0 amide bonds. The zero-order valence-corrected chi connectivity index (χ0v) is 16.7. The number of carbonyl (C=O) groups is 1. The maximum atomic E-state index is 12.4. The van der Waals surface area contributed by atoms with E-state index >= 15 is 0 Å². The third kappa shape index (κ3) is 4.22. The molecule has 0 spiro atoms. The number of nitrogens with one attached hydrogen (secondary N) is 1. The van der Waals surface area contributed by atoms with Crippen LogP contribution in [0.4, 0.5) is 0 Å². The molecule has 0 bridgehead atoms. The van der Waals surface area contributed by atoms with Crippen LogP contribution in [0.3, 0.4) is 0 Å². The second-order valence-corrected chi connectivity index (χ2v) is 9.05. The minimum absolute atomic E-state index is 0.0312. The van der Waals surface area contributed by atoms with E-state index in [-0.39, 0.29) is 29.6 Å². The summed E-state index contributed by atoms with van der Waals surface area (Å²) in [5.74, 6) is 0.153. The van der Waals surface area contributed by atoms with Crippen molar-refractivity contribution in [3.8, 4) is 0 Å². The fraction of sp³-hybridized carbons (Fsp3) is 0.500. The lowest BCUT2D eigenvalue weighted by molar-refractivity contribution is -0.116. The van der Waals surface area contributed by atoms with E-state index in [0.29, 0.717) is 25.7 Å². The predicted octanol–water partition coefficient (Wildman–Crippen LogP) is 3.03. The molecule has 4 rings (SSSR count).